The number of hydrogen-bond acceptors (Lipinski definition) is 4. The van der Waals surface area contributed by atoms with Gasteiger partial charge in [0, 0.05) is 18.3 Å². The average molecular weight is 290 g/mol. The van der Waals surface area contributed by atoms with Gasteiger partial charge in [-0.3, -0.25) is 14.2 Å². The Labute approximate surface area is 121 Å². The molecule has 21 heavy (non-hydrogen) atoms. The third-order valence-corrected chi connectivity index (χ3v) is 3.76. The predicted octanol–water partition coefficient (Wildman–Crippen LogP) is -0.257. The van der Waals surface area contributed by atoms with Crippen LogP contribution >= 0.6 is 0 Å². The van der Waals surface area contributed by atoms with Gasteiger partial charge in [-0.05, 0) is 26.2 Å². The van der Waals surface area contributed by atoms with Crippen LogP contribution < -0.4 is 16.6 Å². The van der Waals surface area contributed by atoms with Crippen LogP contribution in [-0.4, -0.2) is 21.1 Å². The summed E-state index contributed by atoms with van der Waals surface area (Å²) in [6.45, 7) is 3.90. The van der Waals surface area contributed by atoms with E-state index in [0.29, 0.717) is 18.7 Å². The van der Waals surface area contributed by atoms with Crippen molar-refractivity contribution in [3.63, 3.8) is 0 Å². The molecule has 0 unspecified atom stereocenters. The molecular weight excluding hydrogens is 272 g/mol. The van der Waals surface area contributed by atoms with Crippen LogP contribution in [-0.2, 0) is 24.3 Å². The Morgan fingerprint density at radius 1 is 1.48 bits per heavy atom. The van der Waals surface area contributed by atoms with Gasteiger partial charge in [-0.25, -0.2) is 9.36 Å². The summed E-state index contributed by atoms with van der Waals surface area (Å²) in [4.78, 5) is 36.4. The van der Waals surface area contributed by atoms with Crippen molar-refractivity contribution in [3.05, 3.63) is 32.1 Å². The van der Waals surface area contributed by atoms with Gasteiger partial charge in [0.1, 0.15) is 18.2 Å². The minimum Gasteiger partial charge on any atom is -0.352 e. The molecule has 112 valence electrons. The Bertz CT molecular complexity index is 723. The van der Waals surface area contributed by atoms with Gasteiger partial charge in [-0.15, -0.1) is 0 Å². The van der Waals surface area contributed by atoms with Gasteiger partial charge < -0.3 is 5.32 Å². The second-order valence-corrected chi connectivity index (χ2v) is 5.24. The second-order valence-electron chi connectivity index (χ2n) is 5.24. The van der Waals surface area contributed by atoms with E-state index in [1.54, 1.807) is 0 Å². The topological polar surface area (TPSA) is 96.9 Å². The summed E-state index contributed by atoms with van der Waals surface area (Å²) >= 11 is 0. The molecule has 0 fully saturated rings. The molecule has 1 aliphatic rings. The summed E-state index contributed by atoms with van der Waals surface area (Å²) in [5.41, 5.74) is -0.713. The van der Waals surface area contributed by atoms with Gasteiger partial charge in [0.15, 0.2) is 0 Å². The van der Waals surface area contributed by atoms with Crippen LogP contribution in [0.25, 0.3) is 0 Å². The van der Waals surface area contributed by atoms with Crippen LogP contribution in [0.1, 0.15) is 37.9 Å². The maximum Gasteiger partial charge on any atom is 0.331 e. The van der Waals surface area contributed by atoms with E-state index in [4.69, 9.17) is 5.26 Å². The van der Waals surface area contributed by atoms with Gasteiger partial charge in [-0.2, -0.15) is 5.26 Å². The SMILES string of the molecule is CC[C@@H](C)NC(=O)Cn1c(=O)c(C#N)c2n(c1=O)CCC2. The Balaban J connectivity index is 2.42. The van der Waals surface area contributed by atoms with Crippen molar-refractivity contribution in [3.8, 4) is 6.07 Å². The lowest BCUT2D eigenvalue weighted by molar-refractivity contribution is -0.122. The second kappa shape index (κ2) is 5.95. The van der Waals surface area contributed by atoms with E-state index < -0.39 is 17.2 Å². The lowest BCUT2D eigenvalue weighted by Crippen LogP contribution is -2.46. The number of nitrogens with zero attached hydrogens (tertiary/aromatic N) is 3. The highest BCUT2D eigenvalue weighted by Gasteiger charge is 2.23. The van der Waals surface area contributed by atoms with E-state index in [1.165, 1.54) is 4.57 Å². The molecule has 1 N–H and O–H groups in total. The Hall–Kier alpha value is -2.36. The zero-order valence-electron chi connectivity index (χ0n) is 12.2. The van der Waals surface area contributed by atoms with E-state index >= 15 is 0 Å². The fraction of sp³-hybridized carbons (Fsp3) is 0.571. The molecule has 0 aliphatic carbocycles. The zero-order chi connectivity index (χ0) is 15.6. The minimum atomic E-state index is -0.671. The van der Waals surface area contributed by atoms with Crippen molar-refractivity contribution in [1.82, 2.24) is 14.5 Å². The monoisotopic (exact) mass is 290 g/mol. The molecule has 0 spiro atoms. The normalized spacial score (nSPS) is 14.3. The number of carbonyl (C=O) groups excluding carboxylic acids is 1. The molecule has 7 heteroatoms. The van der Waals surface area contributed by atoms with Gasteiger partial charge in [-0.1, -0.05) is 6.92 Å². The average Bonchev–Trinajstić information content (AvgIpc) is 2.93. The number of carbonyl (C=O) groups is 1. The molecule has 0 saturated carbocycles. The number of amides is 1. The third kappa shape index (κ3) is 2.75. The molecule has 2 heterocycles. The van der Waals surface area contributed by atoms with Crippen LogP contribution in [0.3, 0.4) is 0 Å². The molecule has 1 amide bonds. The van der Waals surface area contributed by atoms with Gasteiger partial charge in [0.05, 0.1) is 0 Å². The van der Waals surface area contributed by atoms with E-state index in [-0.39, 0.29) is 18.2 Å². The fourth-order valence-electron chi connectivity index (χ4n) is 2.45. The molecule has 0 saturated heterocycles. The van der Waals surface area contributed by atoms with Crippen molar-refractivity contribution in [2.45, 2.75) is 52.2 Å². The highest BCUT2D eigenvalue weighted by atomic mass is 16.2. The number of hydrogen-bond donors (Lipinski definition) is 1. The smallest absolute Gasteiger partial charge is 0.331 e. The van der Waals surface area contributed by atoms with E-state index in [0.717, 1.165) is 17.4 Å². The molecule has 7 nitrogen and oxygen atoms in total. The molecule has 1 aromatic heterocycles. The lowest BCUT2D eigenvalue weighted by atomic mass is 10.2. The summed E-state index contributed by atoms with van der Waals surface area (Å²) in [6, 6.07) is 1.84. The van der Waals surface area contributed by atoms with E-state index in [1.807, 2.05) is 19.9 Å². The van der Waals surface area contributed by atoms with Crippen molar-refractivity contribution in [2.24, 2.45) is 0 Å². The molecule has 1 atom stereocenters. The van der Waals surface area contributed by atoms with Crippen LogP contribution in [0.15, 0.2) is 9.59 Å². The minimum absolute atomic E-state index is 0.0246. The first-order valence-corrected chi connectivity index (χ1v) is 7.05. The van der Waals surface area contributed by atoms with Crippen molar-refractivity contribution in [2.75, 3.05) is 0 Å². The van der Waals surface area contributed by atoms with Gasteiger partial charge in [0.25, 0.3) is 5.56 Å². The Morgan fingerprint density at radius 2 is 2.19 bits per heavy atom. The maximum atomic E-state index is 12.3. The fourth-order valence-corrected chi connectivity index (χ4v) is 2.45. The summed E-state index contributed by atoms with van der Waals surface area (Å²) in [5, 5.41) is 11.8. The number of rotatable bonds is 4. The summed E-state index contributed by atoms with van der Waals surface area (Å²) in [7, 11) is 0. The first-order chi connectivity index (χ1) is 9.99. The molecule has 0 aromatic carbocycles. The highest BCUT2D eigenvalue weighted by molar-refractivity contribution is 5.76. The third-order valence-electron chi connectivity index (χ3n) is 3.76. The number of aromatic nitrogens is 2. The van der Waals surface area contributed by atoms with Crippen molar-refractivity contribution < 1.29 is 4.79 Å². The van der Waals surface area contributed by atoms with E-state index in [9.17, 15) is 14.4 Å². The van der Waals surface area contributed by atoms with Crippen molar-refractivity contribution in [1.29, 1.82) is 5.26 Å². The summed E-state index contributed by atoms with van der Waals surface area (Å²) in [5.74, 6) is -0.397. The van der Waals surface area contributed by atoms with Crippen molar-refractivity contribution >= 4 is 5.91 Å². The molecule has 1 aliphatic heterocycles. The standard InChI is InChI=1S/C14H18N4O3/c1-3-9(2)16-12(19)8-18-13(20)10(7-15)11-5-4-6-17(11)14(18)21/h9H,3-6,8H2,1-2H3,(H,16,19)/t9-/m1/s1. The molecule has 0 bridgehead atoms. The summed E-state index contributed by atoms with van der Waals surface area (Å²) in [6.07, 6.45) is 2.03. The molecular formula is C14H18N4O3. The lowest BCUT2D eigenvalue weighted by Gasteiger charge is -2.13. The highest BCUT2D eigenvalue weighted by Crippen LogP contribution is 2.12. The Kier molecular flexibility index (Phi) is 4.26. The quantitative estimate of drug-likeness (QED) is 0.826. The Morgan fingerprint density at radius 3 is 2.81 bits per heavy atom. The number of nitriles is 1. The molecule has 1 aromatic rings. The zero-order valence-corrected chi connectivity index (χ0v) is 12.2. The first kappa shape index (κ1) is 15.0. The van der Waals surface area contributed by atoms with Crippen LogP contribution in [0.5, 0.6) is 0 Å². The molecule has 2 rings (SSSR count). The largest absolute Gasteiger partial charge is 0.352 e. The number of nitrogens with one attached hydrogen (secondary N) is 1. The van der Waals surface area contributed by atoms with E-state index in [2.05, 4.69) is 5.32 Å². The first-order valence-electron chi connectivity index (χ1n) is 7.05. The maximum absolute atomic E-state index is 12.3. The number of fused-ring (bicyclic) bond motifs is 1. The predicted molar refractivity (Wildman–Crippen MR) is 75.9 cm³/mol. The van der Waals surface area contributed by atoms with Gasteiger partial charge in [0.2, 0.25) is 5.91 Å². The molecule has 0 radical (unpaired) electrons. The van der Waals surface area contributed by atoms with Crippen LogP contribution in [0, 0.1) is 11.3 Å². The van der Waals surface area contributed by atoms with Crippen LogP contribution in [0.2, 0.25) is 0 Å². The summed E-state index contributed by atoms with van der Waals surface area (Å²) < 4.78 is 2.28. The van der Waals surface area contributed by atoms with Gasteiger partial charge >= 0.3 is 5.69 Å². The van der Waals surface area contributed by atoms with Crippen LogP contribution in [0.4, 0.5) is 0 Å².